The molecule has 116 valence electrons. The second-order valence-electron chi connectivity index (χ2n) is 6.63. The lowest BCUT2D eigenvalue weighted by Crippen LogP contribution is -2.35. The average Bonchev–Trinajstić information content (AvgIpc) is 2.98. The number of hydrogen-bond acceptors (Lipinski definition) is 3. The van der Waals surface area contributed by atoms with Crippen LogP contribution in [0.2, 0.25) is 0 Å². The largest absolute Gasteiger partial charge is 0.390 e. The highest BCUT2D eigenvalue weighted by atomic mass is 16.3. The molecule has 4 heteroatoms. The molecule has 0 aliphatic heterocycles. The highest BCUT2D eigenvalue weighted by molar-refractivity contribution is 5.35. The van der Waals surface area contributed by atoms with Gasteiger partial charge in [-0.1, -0.05) is 50.3 Å². The molecule has 0 fully saturated rings. The number of nitrogens with zero attached hydrogens (tertiary/aromatic N) is 3. The Balaban J connectivity index is 2.16. The van der Waals surface area contributed by atoms with E-state index < -0.39 is 6.10 Å². The Morgan fingerprint density at radius 1 is 1.23 bits per heavy atom. The van der Waals surface area contributed by atoms with E-state index in [1.807, 2.05) is 45.0 Å². The number of aryl methyl sites for hydroxylation is 1. The van der Waals surface area contributed by atoms with Gasteiger partial charge in [-0.15, -0.1) is 0 Å². The summed E-state index contributed by atoms with van der Waals surface area (Å²) in [4.78, 5) is 3.98. The van der Waals surface area contributed by atoms with Crippen LogP contribution in [-0.4, -0.2) is 26.0 Å². The van der Waals surface area contributed by atoms with E-state index in [-0.39, 0.29) is 11.5 Å². The van der Waals surface area contributed by atoms with E-state index in [1.54, 1.807) is 11.0 Å². The van der Waals surface area contributed by atoms with Crippen LogP contribution in [0.25, 0.3) is 0 Å². The Bertz CT molecular complexity index is 642. The molecule has 1 aromatic heterocycles. The normalized spacial score (nSPS) is 14.0. The van der Waals surface area contributed by atoms with Crippen molar-refractivity contribution in [1.29, 1.82) is 0 Å². The molecule has 2 atom stereocenters. The van der Waals surface area contributed by atoms with Gasteiger partial charge in [-0.05, 0) is 24.5 Å². The van der Waals surface area contributed by atoms with Crippen molar-refractivity contribution in [1.82, 2.24) is 14.8 Å². The molecular weight excluding hydrogens is 274 g/mol. The molecule has 2 aromatic rings. The maximum absolute atomic E-state index is 10.6. The Hall–Kier alpha value is -2.12. The van der Waals surface area contributed by atoms with E-state index in [1.165, 1.54) is 11.9 Å². The molecule has 1 heterocycles. The molecule has 4 nitrogen and oxygen atoms in total. The fourth-order valence-electron chi connectivity index (χ4n) is 2.21. The lowest BCUT2D eigenvalue weighted by molar-refractivity contribution is 0.0141. The minimum atomic E-state index is -0.554. The van der Waals surface area contributed by atoms with Crippen LogP contribution in [-0.2, 0) is 0 Å². The molecule has 1 N–H and O–H groups in total. The van der Waals surface area contributed by atoms with Crippen LogP contribution >= 0.6 is 0 Å². The van der Waals surface area contributed by atoms with Crippen molar-refractivity contribution in [2.45, 2.75) is 46.3 Å². The molecule has 0 aliphatic rings. The van der Waals surface area contributed by atoms with Crippen molar-refractivity contribution < 1.29 is 5.11 Å². The molecule has 2 rings (SSSR count). The van der Waals surface area contributed by atoms with Crippen molar-refractivity contribution in [3.8, 4) is 11.8 Å². The van der Waals surface area contributed by atoms with E-state index in [0.717, 1.165) is 5.56 Å². The van der Waals surface area contributed by atoms with Crippen LogP contribution in [0, 0.1) is 24.2 Å². The lowest BCUT2D eigenvalue weighted by atomic mass is 9.83. The van der Waals surface area contributed by atoms with Gasteiger partial charge in [0.05, 0.1) is 12.1 Å². The molecule has 0 saturated heterocycles. The standard InChI is InChI=1S/C18H23N3O/c1-14-8-10-15(11-9-14)6-5-7-16(17(22)18(2,3)4)21-13-19-12-20-21/h8-13,16-17,22H,7H2,1-4H3. The first-order valence-electron chi connectivity index (χ1n) is 7.45. The number of benzene rings is 1. The van der Waals surface area contributed by atoms with Gasteiger partial charge < -0.3 is 5.11 Å². The number of hydrogen-bond donors (Lipinski definition) is 1. The lowest BCUT2D eigenvalue weighted by Gasteiger charge is -2.31. The van der Waals surface area contributed by atoms with Crippen LogP contribution in [0.4, 0.5) is 0 Å². The first kappa shape index (κ1) is 16.3. The Morgan fingerprint density at radius 3 is 2.45 bits per heavy atom. The fraction of sp³-hybridized carbons (Fsp3) is 0.444. The molecule has 0 spiro atoms. The highest BCUT2D eigenvalue weighted by Crippen LogP contribution is 2.29. The molecule has 0 aliphatic carbocycles. The molecule has 22 heavy (non-hydrogen) atoms. The highest BCUT2D eigenvalue weighted by Gasteiger charge is 2.31. The van der Waals surface area contributed by atoms with Crippen LogP contribution in [0.1, 0.15) is 44.4 Å². The summed E-state index contributed by atoms with van der Waals surface area (Å²) >= 11 is 0. The van der Waals surface area contributed by atoms with Gasteiger partial charge in [0.1, 0.15) is 12.7 Å². The third-order valence-corrected chi connectivity index (χ3v) is 3.62. The van der Waals surface area contributed by atoms with Crippen molar-refractivity contribution in [2.75, 3.05) is 0 Å². The summed E-state index contributed by atoms with van der Waals surface area (Å²) in [5.41, 5.74) is 1.95. The van der Waals surface area contributed by atoms with Crippen molar-refractivity contribution in [2.24, 2.45) is 5.41 Å². The van der Waals surface area contributed by atoms with Crippen molar-refractivity contribution in [3.63, 3.8) is 0 Å². The third-order valence-electron chi connectivity index (χ3n) is 3.62. The summed E-state index contributed by atoms with van der Waals surface area (Å²) in [6.45, 7) is 8.08. The first-order valence-corrected chi connectivity index (χ1v) is 7.45. The average molecular weight is 297 g/mol. The number of aliphatic hydroxyl groups is 1. The van der Waals surface area contributed by atoms with Gasteiger partial charge in [0, 0.05) is 12.0 Å². The molecule has 0 bridgehead atoms. The van der Waals surface area contributed by atoms with E-state index >= 15 is 0 Å². The van der Waals surface area contributed by atoms with E-state index in [0.29, 0.717) is 6.42 Å². The van der Waals surface area contributed by atoms with Gasteiger partial charge in [-0.3, -0.25) is 0 Å². The minimum Gasteiger partial charge on any atom is -0.390 e. The quantitative estimate of drug-likeness (QED) is 0.886. The van der Waals surface area contributed by atoms with Crippen LogP contribution in [0.3, 0.4) is 0 Å². The Kier molecular flexibility index (Phi) is 4.99. The minimum absolute atomic E-state index is 0.208. The summed E-state index contributed by atoms with van der Waals surface area (Å²) in [7, 11) is 0. The molecule has 1 aromatic carbocycles. The summed E-state index contributed by atoms with van der Waals surface area (Å²) in [5.74, 6) is 6.31. The Labute approximate surface area is 132 Å². The number of rotatable bonds is 3. The van der Waals surface area contributed by atoms with Gasteiger partial charge in [-0.2, -0.15) is 5.10 Å². The molecule has 0 saturated carbocycles. The Morgan fingerprint density at radius 2 is 1.91 bits per heavy atom. The summed E-state index contributed by atoms with van der Waals surface area (Å²) in [5, 5.41) is 14.8. The SMILES string of the molecule is Cc1ccc(C#CCC(C(O)C(C)(C)C)n2cncn2)cc1. The predicted molar refractivity (Wildman–Crippen MR) is 87.2 cm³/mol. The van der Waals surface area contributed by atoms with E-state index in [2.05, 4.69) is 28.8 Å². The maximum atomic E-state index is 10.6. The second kappa shape index (κ2) is 6.76. The summed E-state index contributed by atoms with van der Waals surface area (Å²) in [6, 6.07) is 7.90. The van der Waals surface area contributed by atoms with Crippen molar-refractivity contribution in [3.05, 3.63) is 48.0 Å². The molecule has 0 amide bonds. The van der Waals surface area contributed by atoms with Crippen LogP contribution in [0.5, 0.6) is 0 Å². The van der Waals surface area contributed by atoms with Crippen LogP contribution < -0.4 is 0 Å². The maximum Gasteiger partial charge on any atom is 0.137 e. The first-order chi connectivity index (χ1) is 10.4. The van der Waals surface area contributed by atoms with Crippen LogP contribution in [0.15, 0.2) is 36.9 Å². The molecule has 0 radical (unpaired) electrons. The molecule has 2 unspecified atom stereocenters. The van der Waals surface area contributed by atoms with E-state index in [9.17, 15) is 5.11 Å². The monoisotopic (exact) mass is 297 g/mol. The van der Waals surface area contributed by atoms with Gasteiger partial charge in [0.15, 0.2) is 0 Å². The molecular formula is C18H23N3O. The fourth-order valence-corrected chi connectivity index (χ4v) is 2.21. The summed E-state index contributed by atoms with van der Waals surface area (Å²) in [6.07, 6.45) is 3.08. The van der Waals surface area contributed by atoms with Crippen molar-refractivity contribution >= 4 is 0 Å². The zero-order chi connectivity index (χ0) is 16.2. The second-order valence-corrected chi connectivity index (χ2v) is 6.63. The predicted octanol–water partition coefficient (Wildman–Crippen LogP) is 2.98. The van der Waals surface area contributed by atoms with Gasteiger partial charge >= 0.3 is 0 Å². The smallest absolute Gasteiger partial charge is 0.137 e. The van der Waals surface area contributed by atoms with Gasteiger partial charge in [0.2, 0.25) is 0 Å². The zero-order valence-electron chi connectivity index (χ0n) is 13.6. The third kappa shape index (κ3) is 4.19. The topological polar surface area (TPSA) is 50.9 Å². The zero-order valence-corrected chi connectivity index (χ0v) is 13.6. The van der Waals surface area contributed by atoms with Gasteiger partial charge in [0.25, 0.3) is 0 Å². The summed E-state index contributed by atoms with van der Waals surface area (Å²) < 4.78 is 1.69. The number of aromatic nitrogens is 3. The van der Waals surface area contributed by atoms with Gasteiger partial charge in [-0.25, -0.2) is 9.67 Å². The number of aliphatic hydroxyl groups excluding tert-OH is 1. The van der Waals surface area contributed by atoms with E-state index in [4.69, 9.17) is 0 Å².